The van der Waals surface area contributed by atoms with E-state index in [4.69, 9.17) is 0 Å². The molecule has 0 saturated carbocycles. The maximum atomic E-state index is 14.0. The van der Waals surface area contributed by atoms with Crippen molar-refractivity contribution in [2.24, 2.45) is 0 Å². The molecule has 1 aliphatic heterocycles. The molecule has 2 aliphatic rings. The Morgan fingerprint density at radius 2 is 1.84 bits per heavy atom. The highest BCUT2D eigenvalue weighted by atomic mass is 32.2. The van der Waals surface area contributed by atoms with Gasteiger partial charge in [-0.1, -0.05) is 29.8 Å². The summed E-state index contributed by atoms with van der Waals surface area (Å²) in [4.78, 5) is 37.8. The van der Waals surface area contributed by atoms with Crippen LogP contribution in [0.25, 0.3) is 0 Å². The van der Waals surface area contributed by atoms with Gasteiger partial charge in [0.15, 0.2) is 0 Å². The van der Waals surface area contributed by atoms with E-state index in [1.807, 2.05) is 31.2 Å². The second kappa shape index (κ2) is 10.0. The van der Waals surface area contributed by atoms with Gasteiger partial charge in [0.2, 0.25) is 21.8 Å². The maximum Gasteiger partial charge on any atom is 0.244 e. The number of nitrogens with zero attached hydrogens (tertiary/aromatic N) is 1. The largest absolute Gasteiger partial charge is 0.349 e. The fourth-order valence-electron chi connectivity index (χ4n) is 5.71. The molecule has 2 aromatic rings. The van der Waals surface area contributed by atoms with E-state index in [-0.39, 0.29) is 23.9 Å². The standard InChI is InChI=1S/C28H35N3O5S/c1-17-11-18(2)26(19(3)12-17)37(35,36)31-16-28(4,5)30-27(34)24(31)14-25(33)29-23-8-6-7-21-13-20(15-32)9-10-22(21)23/h9-13,15,23-24H,6-8,14,16H2,1-5H3,(H,29,33)(H,30,34)/t23-,24?/m1/s1. The number of aldehydes is 1. The Morgan fingerprint density at radius 3 is 2.49 bits per heavy atom. The lowest BCUT2D eigenvalue weighted by Gasteiger charge is -2.43. The molecule has 37 heavy (non-hydrogen) atoms. The third kappa shape index (κ3) is 5.48. The van der Waals surface area contributed by atoms with Crippen molar-refractivity contribution in [2.75, 3.05) is 6.54 Å². The summed E-state index contributed by atoms with van der Waals surface area (Å²) in [5, 5.41) is 5.89. The van der Waals surface area contributed by atoms with E-state index in [9.17, 15) is 22.8 Å². The second-order valence-corrected chi connectivity index (χ2v) is 12.8. The van der Waals surface area contributed by atoms with Gasteiger partial charge in [0.1, 0.15) is 12.3 Å². The van der Waals surface area contributed by atoms with Crippen LogP contribution in [0.4, 0.5) is 0 Å². The van der Waals surface area contributed by atoms with E-state index in [1.54, 1.807) is 33.8 Å². The number of nitrogens with one attached hydrogen (secondary N) is 2. The molecule has 1 saturated heterocycles. The van der Waals surface area contributed by atoms with Crippen LogP contribution >= 0.6 is 0 Å². The Labute approximate surface area is 218 Å². The predicted octanol–water partition coefficient (Wildman–Crippen LogP) is 3.28. The SMILES string of the molecule is Cc1cc(C)c(S(=O)(=O)N2CC(C)(C)NC(=O)C2CC(=O)N[C@@H]2CCCc3cc(C=O)ccc32)c(C)c1. The Bertz CT molecular complexity index is 1340. The third-order valence-electron chi connectivity index (χ3n) is 7.17. The van der Waals surface area contributed by atoms with Crippen LogP contribution in [-0.4, -0.2) is 48.9 Å². The van der Waals surface area contributed by atoms with Gasteiger partial charge in [0, 0.05) is 17.6 Å². The summed E-state index contributed by atoms with van der Waals surface area (Å²) < 4.78 is 29.1. The van der Waals surface area contributed by atoms with Crippen LogP contribution in [-0.2, 0) is 26.0 Å². The van der Waals surface area contributed by atoms with Crippen molar-refractivity contribution in [2.45, 2.75) is 82.8 Å². The highest BCUT2D eigenvalue weighted by Crippen LogP contribution is 2.32. The molecular weight excluding hydrogens is 490 g/mol. The van der Waals surface area contributed by atoms with E-state index in [2.05, 4.69) is 10.6 Å². The van der Waals surface area contributed by atoms with E-state index in [0.29, 0.717) is 16.7 Å². The van der Waals surface area contributed by atoms with Crippen LogP contribution in [0.1, 0.15) is 77.3 Å². The smallest absolute Gasteiger partial charge is 0.244 e. The molecule has 198 valence electrons. The minimum Gasteiger partial charge on any atom is -0.349 e. The Morgan fingerprint density at radius 1 is 1.16 bits per heavy atom. The van der Waals surface area contributed by atoms with Gasteiger partial charge in [0.05, 0.1) is 17.4 Å². The monoisotopic (exact) mass is 525 g/mol. The number of benzene rings is 2. The molecular formula is C28H35N3O5S. The van der Waals surface area contributed by atoms with Crippen molar-refractivity contribution in [3.63, 3.8) is 0 Å². The molecule has 4 rings (SSSR count). The number of amides is 2. The number of aryl methyl sites for hydroxylation is 4. The van der Waals surface area contributed by atoms with Crippen LogP contribution in [0.5, 0.6) is 0 Å². The molecule has 0 spiro atoms. The van der Waals surface area contributed by atoms with Crippen molar-refractivity contribution in [3.05, 3.63) is 63.7 Å². The fraction of sp³-hybridized carbons (Fsp3) is 0.464. The summed E-state index contributed by atoms with van der Waals surface area (Å²) in [5.41, 5.74) is 3.95. The number of carbonyl (C=O) groups is 3. The molecule has 0 bridgehead atoms. The highest BCUT2D eigenvalue weighted by Gasteiger charge is 2.46. The van der Waals surface area contributed by atoms with Gasteiger partial charge in [-0.05, 0) is 82.2 Å². The number of fused-ring (bicyclic) bond motifs is 1. The van der Waals surface area contributed by atoms with Crippen LogP contribution in [0.15, 0.2) is 35.2 Å². The number of hydrogen-bond donors (Lipinski definition) is 2. The molecule has 0 aromatic heterocycles. The van der Waals surface area contributed by atoms with Gasteiger partial charge >= 0.3 is 0 Å². The van der Waals surface area contributed by atoms with Crippen molar-refractivity contribution in [3.8, 4) is 0 Å². The first-order chi connectivity index (χ1) is 17.3. The molecule has 2 atom stereocenters. The first-order valence-corrected chi connectivity index (χ1v) is 14.1. The first kappa shape index (κ1) is 27.0. The summed E-state index contributed by atoms with van der Waals surface area (Å²) >= 11 is 0. The molecule has 1 unspecified atom stereocenters. The minimum atomic E-state index is -4.07. The van der Waals surface area contributed by atoms with Crippen molar-refractivity contribution < 1.29 is 22.8 Å². The zero-order valence-electron chi connectivity index (χ0n) is 22.1. The van der Waals surface area contributed by atoms with Crippen molar-refractivity contribution >= 4 is 28.1 Å². The van der Waals surface area contributed by atoms with E-state index < -0.39 is 33.4 Å². The number of piperazine rings is 1. The molecule has 1 heterocycles. The van der Waals surface area contributed by atoms with Gasteiger partial charge in [0.25, 0.3) is 0 Å². The van der Waals surface area contributed by atoms with Crippen LogP contribution in [0.3, 0.4) is 0 Å². The topological polar surface area (TPSA) is 113 Å². The summed E-state index contributed by atoms with van der Waals surface area (Å²) in [7, 11) is -4.07. The lowest BCUT2D eigenvalue weighted by Crippen LogP contribution is -2.66. The lowest BCUT2D eigenvalue weighted by molar-refractivity contribution is -0.134. The van der Waals surface area contributed by atoms with Crippen molar-refractivity contribution in [1.82, 2.24) is 14.9 Å². The van der Waals surface area contributed by atoms with E-state index in [1.165, 1.54) is 4.31 Å². The van der Waals surface area contributed by atoms with Crippen LogP contribution in [0.2, 0.25) is 0 Å². The Kier molecular flexibility index (Phi) is 7.32. The Balaban J connectivity index is 1.62. The molecule has 8 nitrogen and oxygen atoms in total. The highest BCUT2D eigenvalue weighted by molar-refractivity contribution is 7.89. The lowest BCUT2D eigenvalue weighted by atomic mass is 9.86. The van der Waals surface area contributed by atoms with E-state index >= 15 is 0 Å². The zero-order chi connectivity index (χ0) is 27.1. The molecule has 9 heteroatoms. The number of sulfonamides is 1. The zero-order valence-corrected chi connectivity index (χ0v) is 22.9. The molecule has 1 aliphatic carbocycles. The van der Waals surface area contributed by atoms with Gasteiger partial charge in [-0.3, -0.25) is 14.4 Å². The number of carbonyl (C=O) groups excluding carboxylic acids is 3. The van der Waals surface area contributed by atoms with Gasteiger partial charge in [-0.25, -0.2) is 8.42 Å². The summed E-state index contributed by atoms with van der Waals surface area (Å²) in [6.45, 7) is 8.99. The first-order valence-electron chi connectivity index (χ1n) is 12.6. The minimum absolute atomic E-state index is 0.0481. The average Bonchev–Trinajstić information content (AvgIpc) is 2.79. The molecule has 1 fully saturated rings. The predicted molar refractivity (Wildman–Crippen MR) is 141 cm³/mol. The molecule has 2 N–H and O–H groups in total. The maximum absolute atomic E-state index is 14.0. The quantitative estimate of drug-likeness (QED) is 0.562. The summed E-state index contributed by atoms with van der Waals surface area (Å²) in [5.74, 6) is -0.883. The van der Waals surface area contributed by atoms with Crippen LogP contribution < -0.4 is 10.6 Å². The number of hydrogen-bond acceptors (Lipinski definition) is 5. The number of rotatable bonds is 6. The fourth-order valence-corrected chi connectivity index (χ4v) is 7.88. The average molecular weight is 526 g/mol. The van der Waals surface area contributed by atoms with Gasteiger partial charge in [-0.2, -0.15) is 4.31 Å². The van der Waals surface area contributed by atoms with E-state index in [0.717, 1.165) is 42.2 Å². The summed E-state index contributed by atoms with van der Waals surface area (Å²) in [6, 6.07) is 7.63. The normalized spacial score (nSPS) is 21.6. The van der Waals surface area contributed by atoms with Crippen molar-refractivity contribution in [1.29, 1.82) is 0 Å². The Hall–Kier alpha value is -3.04. The van der Waals surface area contributed by atoms with Gasteiger partial charge < -0.3 is 10.6 Å². The van der Waals surface area contributed by atoms with Gasteiger partial charge in [-0.15, -0.1) is 0 Å². The third-order valence-corrected chi connectivity index (χ3v) is 9.33. The molecule has 2 amide bonds. The van der Waals surface area contributed by atoms with Crippen LogP contribution in [0, 0.1) is 20.8 Å². The summed E-state index contributed by atoms with van der Waals surface area (Å²) in [6.07, 6.45) is 2.92. The second-order valence-electron chi connectivity index (χ2n) is 11.0. The molecule has 0 radical (unpaired) electrons. The molecule has 2 aromatic carbocycles.